The van der Waals surface area contributed by atoms with Crippen molar-refractivity contribution < 1.29 is 4.79 Å². The molecule has 6 heteroatoms. The van der Waals surface area contributed by atoms with Crippen LogP contribution in [0.2, 0.25) is 0 Å². The van der Waals surface area contributed by atoms with E-state index in [0.717, 1.165) is 36.2 Å². The van der Waals surface area contributed by atoms with E-state index in [1.807, 2.05) is 6.07 Å². The first-order valence-corrected chi connectivity index (χ1v) is 8.94. The van der Waals surface area contributed by atoms with Crippen molar-refractivity contribution in [3.63, 3.8) is 0 Å². The molecule has 1 saturated heterocycles. The van der Waals surface area contributed by atoms with Gasteiger partial charge in [-0.3, -0.25) is 4.79 Å². The highest BCUT2D eigenvalue weighted by molar-refractivity contribution is 9.10. The Balaban J connectivity index is 1.64. The second-order valence-electron chi connectivity index (χ2n) is 6.13. The summed E-state index contributed by atoms with van der Waals surface area (Å²) in [7, 11) is 1.59. The van der Waals surface area contributed by atoms with E-state index < -0.39 is 0 Å². The molecule has 0 bridgehead atoms. The minimum atomic E-state index is -0.210. The van der Waals surface area contributed by atoms with E-state index in [9.17, 15) is 4.79 Å². The summed E-state index contributed by atoms with van der Waals surface area (Å²) in [5.41, 5.74) is 3.04. The monoisotopic (exact) mass is 388 g/mol. The number of amides is 1. The zero-order chi connectivity index (χ0) is 17.1. The first-order chi connectivity index (χ1) is 11.6. The Bertz CT molecular complexity index is 724. The van der Waals surface area contributed by atoms with Gasteiger partial charge in [-0.25, -0.2) is 0 Å². The maximum Gasteiger partial charge on any atom is 0.271 e. The second-order valence-corrected chi connectivity index (χ2v) is 6.98. The summed E-state index contributed by atoms with van der Waals surface area (Å²) in [6, 6.07) is 10.2. The number of aromatic nitrogens is 2. The molecule has 0 spiro atoms. The van der Waals surface area contributed by atoms with Crippen molar-refractivity contribution in [3.8, 4) is 0 Å². The number of hydrogen-bond donors (Lipinski definition) is 1. The van der Waals surface area contributed by atoms with Gasteiger partial charge < -0.3 is 10.2 Å². The van der Waals surface area contributed by atoms with E-state index >= 15 is 0 Å². The van der Waals surface area contributed by atoms with Crippen molar-refractivity contribution in [1.29, 1.82) is 0 Å². The van der Waals surface area contributed by atoms with Gasteiger partial charge in [0.05, 0.1) is 0 Å². The normalized spacial score (nSPS) is 15.4. The maximum absolute atomic E-state index is 11.5. The topological polar surface area (TPSA) is 58.1 Å². The first-order valence-electron chi connectivity index (χ1n) is 8.15. The first kappa shape index (κ1) is 16.9. The lowest BCUT2D eigenvalue weighted by molar-refractivity contribution is 0.0957. The molecule has 0 aliphatic carbocycles. The Hall–Kier alpha value is -1.95. The number of nitrogens with zero attached hydrogens (tertiary/aromatic N) is 3. The molecule has 0 atom stereocenters. The molecule has 1 fully saturated rings. The average Bonchev–Trinajstić information content (AvgIpc) is 2.63. The standard InChI is InChI=1S/C18H21BrN4O/c1-12-11-14(3-4-15(12)19)13-7-9-23(10-8-13)17-6-5-16(21-22-17)18(24)20-2/h3-6,11,13H,7-10H2,1-2H3,(H,20,24). The van der Waals surface area contributed by atoms with E-state index in [-0.39, 0.29) is 5.91 Å². The summed E-state index contributed by atoms with van der Waals surface area (Å²) < 4.78 is 1.16. The van der Waals surface area contributed by atoms with Gasteiger partial charge in [-0.2, -0.15) is 0 Å². The second kappa shape index (κ2) is 7.30. The van der Waals surface area contributed by atoms with Gasteiger partial charge in [0, 0.05) is 24.6 Å². The Morgan fingerprint density at radius 3 is 2.54 bits per heavy atom. The van der Waals surface area contributed by atoms with Crippen molar-refractivity contribution in [2.75, 3.05) is 25.0 Å². The van der Waals surface area contributed by atoms with E-state index in [4.69, 9.17) is 0 Å². The number of carbonyl (C=O) groups excluding carboxylic acids is 1. The number of hydrogen-bond acceptors (Lipinski definition) is 4. The largest absolute Gasteiger partial charge is 0.355 e. The van der Waals surface area contributed by atoms with Crippen LogP contribution in [0, 0.1) is 6.92 Å². The van der Waals surface area contributed by atoms with Crippen LogP contribution >= 0.6 is 15.9 Å². The van der Waals surface area contributed by atoms with Gasteiger partial charge in [0.25, 0.3) is 5.91 Å². The van der Waals surface area contributed by atoms with E-state index in [2.05, 4.69) is 61.5 Å². The van der Waals surface area contributed by atoms with Crippen LogP contribution in [0.4, 0.5) is 5.82 Å². The van der Waals surface area contributed by atoms with Crippen LogP contribution in [-0.4, -0.2) is 36.2 Å². The van der Waals surface area contributed by atoms with Crippen LogP contribution in [0.1, 0.15) is 40.4 Å². The predicted octanol–water partition coefficient (Wildman–Crippen LogP) is 3.29. The van der Waals surface area contributed by atoms with Gasteiger partial charge in [-0.1, -0.05) is 28.1 Å². The van der Waals surface area contributed by atoms with Crippen molar-refractivity contribution in [3.05, 3.63) is 51.6 Å². The molecule has 1 aromatic carbocycles. The molecule has 1 amide bonds. The van der Waals surface area contributed by atoms with Crippen molar-refractivity contribution in [2.45, 2.75) is 25.7 Å². The molecule has 0 radical (unpaired) electrons. The van der Waals surface area contributed by atoms with Gasteiger partial charge in [0.2, 0.25) is 0 Å². The summed E-state index contributed by atoms with van der Waals surface area (Å²) in [5.74, 6) is 1.22. The fourth-order valence-electron chi connectivity index (χ4n) is 3.11. The maximum atomic E-state index is 11.5. The van der Waals surface area contributed by atoms with Crippen LogP contribution in [0.5, 0.6) is 0 Å². The highest BCUT2D eigenvalue weighted by atomic mass is 79.9. The summed E-state index contributed by atoms with van der Waals surface area (Å²) in [4.78, 5) is 13.8. The zero-order valence-corrected chi connectivity index (χ0v) is 15.5. The third-order valence-electron chi connectivity index (χ3n) is 4.58. The molecule has 1 aromatic heterocycles. The smallest absolute Gasteiger partial charge is 0.271 e. The van der Waals surface area contributed by atoms with Gasteiger partial charge in [0.15, 0.2) is 11.5 Å². The summed E-state index contributed by atoms with van der Waals surface area (Å²) in [6.07, 6.45) is 2.19. The number of nitrogens with one attached hydrogen (secondary N) is 1. The Morgan fingerprint density at radius 2 is 1.96 bits per heavy atom. The van der Waals surface area contributed by atoms with E-state index in [1.54, 1.807) is 13.1 Å². The van der Waals surface area contributed by atoms with Crippen molar-refractivity contribution >= 4 is 27.7 Å². The number of rotatable bonds is 3. The molecule has 2 aromatic rings. The molecule has 1 N–H and O–H groups in total. The molecular weight excluding hydrogens is 368 g/mol. The highest BCUT2D eigenvalue weighted by Crippen LogP contribution is 2.31. The number of anilines is 1. The third-order valence-corrected chi connectivity index (χ3v) is 5.47. The lowest BCUT2D eigenvalue weighted by Crippen LogP contribution is -2.33. The number of piperidine rings is 1. The lowest BCUT2D eigenvalue weighted by atomic mass is 9.89. The minimum Gasteiger partial charge on any atom is -0.355 e. The summed E-state index contributed by atoms with van der Waals surface area (Å²) in [6.45, 7) is 4.04. The third kappa shape index (κ3) is 3.59. The number of halogens is 1. The Labute approximate surface area is 150 Å². The van der Waals surface area contributed by atoms with Crippen molar-refractivity contribution in [1.82, 2.24) is 15.5 Å². The molecule has 24 heavy (non-hydrogen) atoms. The average molecular weight is 389 g/mol. The van der Waals surface area contributed by atoms with Gasteiger partial charge >= 0.3 is 0 Å². The predicted molar refractivity (Wildman–Crippen MR) is 98.5 cm³/mol. The van der Waals surface area contributed by atoms with E-state index in [1.165, 1.54) is 11.1 Å². The molecule has 126 valence electrons. The quantitative estimate of drug-likeness (QED) is 0.876. The van der Waals surface area contributed by atoms with Crippen LogP contribution in [0.15, 0.2) is 34.8 Å². The molecule has 1 aliphatic heterocycles. The molecule has 0 unspecified atom stereocenters. The van der Waals surface area contributed by atoms with Crippen molar-refractivity contribution in [2.24, 2.45) is 0 Å². The summed E-state index contributed by atoms with van der Waals surface area (Å²) in [5, 5.41) is 10.8. The Kier molecular flexibility index (Phi) is 5.14. The van der Waals surface area contributed by atoms with Crippen LogP contribution in [0.25, 0.3) is 0 Å². The number of carbonyl (C=O) groups is 1. The number of benzene rings is 1. The van der Waals surface area contributed by atoms with E-state index in [0.29, 0.717) is 11.6 Å². The molecule has 1 aliphatic rings. The molecule has 5 nitrogen and oxygen atoms in total. The van der Waals surface area contributed by atoms with Gasteiger partial charge in [-0.05, 0) is 55.0 Å². The molecule has 3 rings (SSSR count). The minimum absolute atomic E-state index is 0.210. The molecule has 2 heterocycles. The molecular formula is C18H21BrN4O. The van der Waals surface area contributed by atoms with Gasteiger partial charge in [0.1, 0.15) is 0 Å². The van der Waals surface area contributed by atoms with Crippen LogP contribution < -0.4 is 10.2 Å². The Morgan fingerprint density at radius 1 is 1.21 bits per heavy atom. The van der Waals surface area contributed by atoms with Crippen LogP contribution in [-0.2, 0) is 0 Å². The lowest BCUT2D eigenvalue weighted by Gasteiger charge is -2.33. The fourth-order valence-corrected chi connectivity index (χ4v) is 3.35. The summed E-state index contributed by atoms with van der Waals surface area (Å²) >= 11 is 3.56. The molecule has 0 saturated carbocycles. The SMILES string of the molecule is CNC(=O)c1ccc(N2CCC(c3ccc(Br)c(C)c3)CC2)nn1. The number of aryl methyl sites for hydroxylation is 1. The zero-order valence-electron chi connectivity index (χ0n) is 13.9. The highest BCUT2D eigenvalue weighted by Gasteiger charge is 2.22. The van der Waals surface area contributed by atoms with Crippen LogP contribution in [0.3, 0.4) is 0 Å². The fraction of sp³-hybridized carbons (Fsp3) is 0.389. The van der Waals surface area contributed by atoms with Gasteiger partial charge in [-0.15, -0.1) is 10.2 Å².